The van der Waals surface area contributed by atoms with E-state index in [4.69, 9.17) is 16.3 Å². The molecule has 15 heavy (non-hydrogen) atoms. The highest BCUT2D eigenvalue weighted by atomic mass is 35.5. The van der Waals surface area contributed by atoms with Crippen molar-refractivity contribution >= 4 is 23.7 Å². The number of ether oxygens (including phenoxy) is 1. The summed E-state index contributed by atoms with van der Waals surface area (Å²) in [4.78, 5) is 22.1. The van der Waals surface area contributed by atoms with Gasteiger partial charge in [0.15, 0.2) is 12.1 Å². The summed E-state index contributed by atoms with van der Waals surface area (Å²) in [5.41, 5.74) is 0.551. The van der Waals surface area contributed by atoms with E-state index in [1.165, 1.54) is 13.0 Å². The van der Waals surface area contributed by atoms with E-state index in [2.05, 4.69) is 0 Å². The molecule has 1 rings (SSSR count). The Morgan fingerprint density at radius 1 is 1.53 bits per heavy atom. The van der Waals surface area contributed by atoms with Crippen molar-refractivity contribution in [3.8, 4) is 5.75 Å². The Morgan fingerprint density at radius 3 is 2.67 bits per heavy atom. The SMILES string of the molecule is CCOc1c(Cl)ccc(C(C)=O)c1C=O. The summed E-state index contributed by atoms with van der Waals surface area (Å²) in [6.45, 7) is 3.57. The molecule has 0 aliphatic carbocycles. The van der Waals surface area contributed by atoms with E-state index in [9.17, 15) is 9.59 Å². The number of benzene rings is 1. The minimum atomic E-state index is -0.185. The lowest BCUT2D eigenvalue weighted by Crippen LogP contribution is -2.04. The molecule has 0 amide bonds. The van der Waals surface area contributed by atoms with Crippen molar-refractivity contribution in [1.82, 2.24) is 0 Å². The van der Waals surface area contributed by atoms with Crippen LogP contribution >= 0.6 is 11.6 Å². The molecule has 0 spiro atoms. The number of rotatable bonds is 4. The van der Waals surface area contributed by atoms with Crippen LogP contribution in [0.3, 0.4) is 0 Å². The van der Waals surface area contributed by atoms with E-state index in [1.807, 2.05) is 0 Å². The van der Waals surface area contributed by atoms with Crippen LogP contribution in [-0.4, -0.2) is 18.7 Å². The lowest BCUT2D eigenvalue weighted by atomic mass is 10.0. The number of carbonyl (C=O) groups is 2. The predicted molar refractivity (Wildman–Crippen MR) is 58.0 cm³/mol. The quantitative estimate of drug-likeness (QED) is 0.586. The number of hydrogen-bond acceptors (Lipinski definition) is 3. The zero-order chi connectivity index (χ0) is 11.4. The van der Waals surface area contributed by atoms with Gasteiger partial charge < -0.3 is 4.74 Å². The molecule has 0 radical (unpaired) electrons. The van der Waals surface area contributed by atoms with Crippen molar-refractivity contribution in [2.75, 3.05) is 6.61 Å². The number of carbonyl (C=O) groups excluding carboxylic acids is 2. The van der Waals surface area contributed by atoms with Gasteiger partial charge in [-0.2, -0.15) is 0 Å². The maximum atomic E-state index is 11.2. The molecule has 0 heterocycles. The molecule has 0 saturated heterocycles. The molecule has 3 nitrogen and oxygen atoms in total. The average molecular weight is 227 g/mol. The number of aldehydes is 1. The molecule has 4 heteroatoms. The van der Waals surface area contributed by atoms with Crippen molar-refractivity contribution in [2.45, 2.75) is 13.8 Å². The van der Waals surface area contributed by atoms with Gasteiger partial charge in [0, 0.05) is 5.56 Å². The summed E-state index contributed by atoms with van der Waals surface area (Å²) in [6.07, 6.45) is 0.591. The Balaban J connectivity index is 3.39. The third-order valence-corrected chi connectivity index (χ3v) is 2.23. The van der Waals surface area contributed by atoms with E-state index in [-0.39, 0.29) is 17.1 Å². The standard InChI is InChI=1S/C11H11ClO3/c1-3-15-11-9(6-13)8(7(2)14)4-5-10(11)12/h4-6H,3H2,1-2H3. The van der Waals surface area contributed by atoms with Crippen LogP contribution in [-0.2, 0) is 0 Å². The first-order valence-corrected chi connectivity index (χ1v) is 4.91. The first-order valence-electron chi connectivity index (χ1n) is 4.53. The molecule has 80 valence electrons. The van der Waals surface area contributed by atoms with Crippen molar-refractivity contribution in [1.29, 1.82) is 0 Å². The second-order valence-corrected chi connectivity index (χ2v) is 3.35. The molecule has 1 aromatic rings. The number of hydrogen-bond donors (Lipinski definition) is 0. The monoisotopic (exact) mass is 226 g/mol. The minimum Gasteiger partial charge on any atom is -0.492 e. The molecule has 0 unspecified atom stereocenters. The molecule has 0 N–H and O–H groups in total. The molecule has 1 aromatic carbocycles. The van der Waals surface area contributed by atoms with Gasteiger partial charge in [0.05, 0.1) is 17.2 Å². The van der Waals surface area contributed by atoms with Gasteiger partial charge in [-0.1, -0.05) is 11.6 Å². The van der Waals surface area contributed by atoms with Crippen LogP contribution in [0, 0.1) is 0 Å². The molecule has 0 atom stereocenters. The van der Waals surface area contributed by atoms with E-state index in [1.54, 1.807) is 13.0 Å². The molecule has 0 aliphatic heterocycles. The summed E-state index contributed by atoms with van der Waals surface area (Å²) in [5.74, 6) is 0.0941. The minimum absolute atomic E-state index is 0.185. The molecular formula is C11H11ClO3. The van der Waals surface area contributed by atoms with Gasteiger partial charge in [-0.3, -0.25) is 9.59 Å². The lowest BCUT2D eigenvalue weighted by molar-refractivity contribution is 0.100. The summed E-state index contributed by atoms with van der Waals surface area (Å²) in [7, 11) is 0. The predicted octanol–water partition coefficient (Wildman–Crippen LogP) is 2.75. The number of halogens is 1. The first-order chi connectivity index (χ1) is 7.11. The first kappa shape index (κ1) is 11.7. The van der Waals surface area contributed by atoms with Crippen LogP contribution < -0.4 is 4.74 Å². The molecule has 0 bridgehead atoms. The normalized spacial score (nSPS) is 9.80. The second kappa shape index (κ2) is 4.94. The lowest BCUT2D eigenvalue weighted by Gasteiger charge is -2.10. The zero-order valence-electron chi connectivity index (χ0n) is 8.54. The van der Waals surface area contributed by atoms with Gasteiger partial charge >= 0.3 is 0 Å². The van der Waals surface area contributed by atoms with Gasteiger partial charge in [-0.15, -0.1) is 0 Å². The highest BCUT2D eigenvalue weighted by Gasteiger charge is 2.15. The van der Waals surface area contributed by atoms with E-state index < -0.39 is 0 Å². The van der Waals surface area contributed by atoms with Gasteiger partial charge in [0.2, 0.25) is 0 Å². The molecule has 0 aliphatic rings. The van der Waals surface area contributed by atoms with Crippen LogP contribution in [0.2, 0.25) is 5.02 Å². The van der Waals surface area contributed by atoms with Crippen LogP contribution in [0.4, 0.5) is 0 Å². The van der Waals surface area contributed by atoms with Gasteiger partial charge in [0.25, 0.3) is 0 Å². The number of ketones is 1. The van der Waals surface area contributed by atoms with E-state index >= 15 is 0 Å². The summed E-state index contributed by atoms with van der Waals surface area (Å²) < 4.78 is 5.23. The third-order valence-electron chi connectivity index (χ3n) is 1.93. The van der Waals surface area contributed by atoms with E-state index in [0.717, 1.165) is 0 Å². The Hall–Kier alpha value is -1.35. The molecular weight excluding hydrogens is 216 g/mol. The highest BCUT2D eigenvalue weighted by molar-refractivity contribution is 6.32. The van der Waals surface area contributed by atoms with Gasteiger partial charge in [0.1, 0.15) is 5.75 Å². The highest BCUT2D eigenvalue weighted by Crippen LogP contribution is 2.30. The summed E-state index contributed by atoms with van der Waals surface area (Å²) in [5, 5.41) is 0.337. The average Bonchev–Trinajstić information content (AvgIpc) is 2.20. The maximum absolute atomic E-state index is 11.2. The largest absolute Gasteiger partial charge is 0.492 e. The fraction of sp³-hybridized carbons (Fsp3) is 0.273. The number of Topliss-reactive ketones (excluding diaryl/α,β-unsaturated/α-hetero) is 1. The van der Waals surface area contributed by atoms with Crippen LogP contribution in [0.1, 0.15) is 34.6 Å². The van der Waals surface area contributed by atoms with E-state index in [0.29, 0.717) is 23.5 Å². The zero-order valence-corrected chi connectivity index (χ0v) is 9.30. The van der Waals surface area contributed by atoms with Crippen molar-refractivity contribution in [3.05, 3.63) is 28.3 Å². The van der Waals surface area contributed by atoms with Crippen LogP contribution in [0.25, 0.3) is 0 Å². The van der Waals surface area contributed by atoms with Crippen LogP contribution in [0.5, 0.6) is 5.75 Å². The Bertz CT molecular complexity index is 399. The fourth-order valence-electron chi connectivity index (χ4n) is 1.29. The summed E-state index contributed by atoms with van der Waals surface area (Å²) in [6, 6.07) is 3.08. The Kier molecular flexibility index (Phi) is 3.86. The second-order valence-electron chi connectivity index (χ2n) is 2.94. The fourth-order valence-corrected chi connectivity index (χ4v) is 1.51. The topological polar surface area (TPSA) is 43.4 Å². The molecule has 0 fully saturated rings. The third kappa shape index (κ3) is 2.36. The smallest absolute Gasteiger partial charge is 0.160 e. The molecule has 0 aromatic heterocycles. The van der Waals surface area contributed by atoms with Gasteiger partial charge in [-0.25, -0.2) is 0 Å². The Morgan fingerprint density at radius 2 is 2.20 bits per heavy atom. The molecule has 0 saturated carbocycles. The van der Waals surface area contributed by atoms with Crippen molar-refractivity contribution in [3.63, 3.8) is 0 Å². The van der Waals surface area contributed by atoms with Crippen LogP contribution in [0.15, 0.2) is 12.1 Å². The summed E-state index contributed by atoms with van der Waals surface area (Å²) >= 11 is 5.87. The van der Waals surface area contributed by atoms with Crippen molar-refractivity contribution < 1.29 is 14.3 Å². The Labute approximate surface area is 93.0 Å². The maximum Gasteiger partial charge on any atom is 0.160 e. The van der Waals surface area contributed by atoms with Crippen molar-refractivity contribution in [2.24, 2.45) is 0 Å². The van der Waals surface area contributed by atoms with Gasteiger partial charge in [-0.05, 0) is 26.0 Å².